The molecular weight excluding hydrogens is 496 g/mol. The quantitative estimate of drug-likeness (QED) is 0.218. The Balaban J connectivity index is 1.29. The second-order valence-electron chi connectivity index (χ2n) is 9.04. The molecule has 8 heteroatoms. The number of sulfone groups is 1. The molecule has 0 bridgehead atoms. The topological polar surface area (TPSA) is 93.2 Å². The van der Waals surface area contributed by atoms with Gasteiger partial charge in [-0.15, -0.1) is 0 Å². The van der Waals surface area contributed by atoms with Gasteiger partial charge in [0.05, 0.1) is 17.5 Å². The number of benzene rings is 3. The zero-order chi connectivity index (χ0) is 26.4. The number of ether oxygens (including phenoxy) is 1. The number of fused-ring (bicyclic) bond motifs is 1. The van der Waals surface area contributed by atoms with Crippen LogP contribution >= 0.6 is 0 Å². The summed E-state index contributed by atoms with van der Waals surface area (Å²) in [6, 6.07) is 27.9. The Hall–Kier alpha value is -4.27. The average molecular weight is 525 g/mol. The molecule has 0 unspecified atom stereocenters. The van der Waals surface area contributed by atoms with Gasteiger partial charge < -0.3 is 15.4 Å². The van der Waals surface area contributed by atoms with Crippen LogP contribution in [0.5, 0.6) is 11.5 Å². The van der Waals surface area contributed by atoms with Crippen LogP contribution in [0.15, 0.2) is 104 Å². The molecule has 192 valence electrons. The van der Waals surface area contributed by atoms with Gasteiger partial charge in [0.2, 0.25) is 0 Å². The van der Waals surface area contributed by atoms with Crippen molar-refractivity contribution in [2.75, 3.05) is 23.9 Å². The van der Waals surface area contributed by atoms with Crippen molar-refractivity contribution in [2.45, 2.75) is 6.54 Å². The Morgan fingerprint density at radius 1 is 0.842 bits per heavy atom. The normalized spacial score (nSPS) is 11.4. The standard InChI is InChI=1S/C30H28N4O3S/c1-38(35,36)17-16-32-20-22-4-2-5-23(18-22)24-7-12-28-29(13-15-33-30(28)19-24)34-25-8-10-26(11-9-25)37-27-6-3-14-31-21-27/h2-15,18-19,21,32H,16-17,20H2,1H3,(H,33,34). The van der Waals surface area contributed by atoms with Crippen molar-refractivity contribution in [3.05, 3.63) is 109 Å². The molecular formula is C30H28N4O3S. The van der Waals surface area contributed by atoms with E-state index in [1.807, 2.05) is 54.6 Å². The Bertz CT molecular complexity index is 1640. The highest BCUT2D eigenvalue weighted by molar-refractivity contribution is 7.90. The molecule has 0 aliphatic carbocycles. The fourth-order valence-corrected chi connectivity index (χ4v) is 4.61. The highest BCUT2D eigenvalue weighted by Crippen LogP contribution is 2.30. The van der Waals surface area contributed by atoms with Crippen LogP contribution in [0, 0.1) is 0 Å². The molecule has 0 fully saturated rings. The van der Waals surface area contributed by atoms with Crippen molar-refractivity contribution in [3.63, 3.8) is 0 Å². The summed E-state index contributed by atoms with van der Waals surface area (Å²) in [5.74, 6) is 1.56. The minimum absolute atomic E-state index is 0.128. The van der Waals surface area contributed by atoms with E-state index in [0.717, 1.165) is 44.7 Å². The van der Waals surface area contributed by atoms with E-state index in [9.17, 15) is 8.42 Å². The molecule has 0 saturated heterocycles. The number of rotatable bonds is 10. The molecule has 0 atom stereocenters. The van der Waals surface area contributed by atoms with Gasteiger partial charge in [-0.2, -0.15) is 0 Å². The largest absolute Gasteiger partial charge is 0.456 e. The summed E-state index contributed by atoms with van der Waals surface area (Å²) in [4.78, 5) is 8.67. The van der Waals surface area contributed by atoms with E-state index in [0.29, 0.717) is 18.8 Å². The van der Waals surface area contributed by atoms with Crippen LogP contribution in [0.1, 0.15) is 5.56 Å². The van der Waals surface area contributed by atoms with Crippen LogP contribution < -0.4 is 15.4 Å². The highest BCUT2D eigenvalue weighted by Gasteiger charge is 2.07. The number of anilines is 2. The van der Waals surface area contributed by atoms with Gasteiger partial charge >= 0.3 is 0 Å². The molecule has 3 aromatic carbocycles. The summed E-state index contributed by atoms with van der Waals surface area (Å²) in [6.07, 6.45) is 6.44. The summed E-state index contributed by atoms with van der Waals surface area (Å²) >= 11 is 0. The maximum absolute atomic E-state index is 11.3. The third-order valence-electron chi connectivity index (χ3n) is 5.99. The van der Waals surface area contributed by atoms with E-state index in [2.05, 4.69) is 50.9 Å². The van der Waals surface area contributed by atoms with Gasteiger partial charge in [-0.3, -0.25) is 9.97 Å². The molecule has 0 aliphatic rings. The fourth-order valence-electron chi connectivity index (χ4n) is 4.09. The molecule has 0 aliphatic heterocycles. The summed E-state index contributed by atoms with van der Waals surface area (Å²) < 4.78 is 28.5. The second-order valence-corrected chi connectivity index (χ2v) is 11.3. The Kier molecular flexibility index (Phi) is 7.62. The van der Waals surface area contributed by atoms with Gasteiger partial charge in [-0.25, -0.2) is 8.42 Å². The van der Waals surface area contributed by atoms with E-state index < -0.39 is 9.84 Å². The molecule has 2 N–H and O–H groups in total. The lowest BCUT2D eigenvalue weighted by atomic mass is 10.0. The lowest BCUT2D eigenvalue weighted by Gasteiger charge is -2.12. The van der Waals surface area contributed by atoms with Gasteiger partial charge in [0.25, 0.3) is 0 Å². The fraction of sp³-hybridized carbons (Fsp3) is 0.133. The van der Waals surface area contributed by atoms with Crippen molar-refractivity contribution >= 4 is 32.1 Å². The maximum Gasteiger partial charge on any atom is 0.148 e. The predicted molar refractivity (Wildman–Crippen MR) is 153 cm³/mol. The highest BCUT2D eigenvalue weighted by atomic mass is 32.2. The lowest BCUT2D eigenvalue weighted by Crippen LogP contribution is -2.21. The Labute approximate surface area is 222 Å². The molecule has 0 radical (unpaired) electrons. The van der Waals surface area contributed by atoms with Crippen LogP contribution in [0.25, 0.3) is 22.0 Å². The van der Waals surface area contributed by atoms with Crippen molar-refractivity contribution < 1.29 is 13.2 Å². The molecule has 5 rings (SSSR count). The van der Waals surface area contributed by atoms with E-state index in [4.69, 9.17) is 4.74 Å². The van der Waals surface area contributed by atoms with E-state index in [1.54, 1.807) is 18.6 Å². The van der Waals surface area contributed by atoms with E-state index in [-0.39, 0.29) is 5.75 Å². The van der Waals surface area contributed by atoms with Gasteiger partial charge in [0.1, 0.15) is 21.3 Å². The smallest absolute Gasteiger partial charge is 0.148 e. The summed E-state index contributed by atoms with van der Waals surface area (Å²) in [5.41, 5.74) is 6.04. The van der Waals surface area contributed by atoms with E-state index in [1.165, 1.54) is 6.26 Å². The van der Waals surface area contributed by atoms with Gasteiger partial charge in [0, 0.05) is 48.5 Å². The first-order valence-electron chi connectivity index (χ1n) is 12.2. The number of pyridine rings is 2. The molecule has 7 nitrogen and oxygen atoms in total. The first-order valence-corrected chi connectivity index (χ1v) is 14.3. The van der Waals surface area contributed by atoms with Gasteiger partial charge in [-0.1, -0.05) is 30.3 Å². The van der Waals surface area contributed by atoms with Crippen LogP contribution in [0.3, 0.4) is 0 Å². The minimum Gasteiger partial charge on any atom is -0.456 e. The van der Waals surface area contributed by atoms with Crippen LogP contribution in [0.2, 0.25) is 0 Å². The number of hydrogen-bond donors (Lipinski definition) is 2. The van der Waals surface area contributed by atoms with E-state index >= 15 is 0 Å². The SMILES string of the molecule is CS(=O)(=O)CCNCc1cccc(-c2ccc3c(Nc4ccc(Oc5cccnc5)cc4)ccnc3c2)c1. The predicted octanol–water partition coefficient (Wildman–Crippen LogP) is 5.97. The first kappa shape index (κ1) is 25.4. The van der Waals surface area contributed by atoms with Crippen molar-refractivity contribution in [1.29, 1.82) is 0 Å². The molecule has 38 heavy (non-hydrogen) atoms. The van der Waals surface area contributed by atoms with Crippen LogP contribution in [0.4, 0.5) is 11.4 Å². The Morgan fingerprint density at radius 2 is 1.68 bits per heavy atom. The third-order valence-corrected chi connectivity index (χ3v) is 6.93. The summed E-state index contributed by atoms with van der Waals surface area (Å²) in [7, 11) is -2.97. The number of nitrogens with one attached hydrogen (secondary N) is 2. The summed E-state index contributed by atoms with van der Waals surface area (Å²) in [6.45, 7) is 1.04. The maximum atomic E-state index is 11.3. The van der Waals surface area contributed by atoms with Gasteiger partial charge in [0.15, 0.2) is 0 Å². The molecule has 0 spiro atoms. The second kappa shape index (κ2) is 11.4. The lowest BCUT2D eigenvalue weighted by molar-refractivity contribution is 0.480. The number of aromatic nitrogens is 2. The zero-order valence-electron chi connectivity index (χ0n) is 21.0. The zero-order valence-corrected chi connectivity index (χ0v) is 21.8. The van der Waals surface area contributed by atoms with Gasteiger partial charge in [-0.05, 0) is 71.3 Å². The molecule has 0 saturated carbocycles. The van der Waals surface area contributed by atoms with Crippen molar-refractivity contribution in [3.8, 4) is 22.6 Å². The van der Waals surface area contributed by atoms with Crippen molar-refractivity contribution in [2.24, 2.45) is 0 Å². The number of hydrogen-bond acceptors (Lipinski definition) is 7. The minimum atomic E-state index is -2.97. The monoisotopic (exact) mass is 524 g/mol. The third kappa shape index (κ3) is 6.73. The summed E-state index contributed by atoms with van der Waals surface area (Å²) in [5, 5.41) is 7.71. The van der Waals surface area contributed by atoms with Crippen molar-refractivity contribution in [1.82, 2.24) is 15.3 Å². The Morgan fingerprint density at radius 3 is 2.47 bits per heavy atom. The van der Waals surface area contributed by atoms with Crippen LogP contribution in [-0.2, 0) is 16.4 Å². The molecule has 5 aromatic rings. The first-order chi connectivity index (χ1) is 18.4. The molecule has 2 heterocycles. The molecule has 2 aromatic heterocycles. The van der Waals surface area contributed by atoms with Crippen LogP contribution in [-0.4, -0.2) is 36.9 Å². The number of nitrogens with zero attached hydrogens (tertiary/aromatic N) is 2. The average Bonchev–Trinajstić information content (AvgIpc) is 2.92. The molecule has 0 amide bonds.